The predicted octanol–water partition coefficient (Wildman–Crippen LogP) is 1.46. The number of rotatable bonds is 6. The van der Waals surface area contributed by atoms with E-state index in [2.05, 4.69) is 26.8 Å². The van der Waals surface area contributed by atoms with Gasteiger partial charge < -0.3 is 19.1 Å². The van der Waals surface area contributed by atoms with E-state index in [0.717, 1.165) is 44.2 Å². The largest absolute Gasteiger partial charge is 0.493 e. The molecule has 0 amide bonds. The van der Waals surface area contributed by atoms with Crippen LogP contribution in [-0.4, -0.2) is 45.6 Å². The van der Waals surface area contributed by atoms with Gasteiger partial charge in [-0.2, -0.15) is 0 Å². The number of hydrogen-bond donors (Lipinski definition) is 1. The standard InChI is InChI=1S/C17H27NO3/c1-13-6-7-16(17(10-13)19-4)20-9-5-8-18-11-14(2)21-15(3)12-18/h6-7,10,14-15H,5,8-9,11-12H2,1-4H3/p+1/t14-,15-/m0/s1. The average Bonchev–Trinajstić information content (AvgIpc) is 2.43. The number of ether oxygens (including phenoxy) is 3. The zero-order valence-electron chi connectivity index (χ0n) is 13.6. The lowest BCUT2D eigenvalue weighted by Gasteiger charge is -2.32. The van der Waals surface area contributed by atoms with Crippen molar-refractivity contribution in [2.75, 3.05) is 33.4 Å². The third-order valence-corrected chi connectivity index (χ3v) is 3.87. The molecule has 0 aromatic heterocycles. The summed E-state index contributed by atoms with van der Waals surface area (Å²) in [6.45, 7) is 10.4. The van der Waals surface area contributed by atoms with E-state index >= 15 is 0 Å². The number of morpholine rings is 1. The molecule has 0 radical (unpaired) electrons. The first kappa shape index (κ1) is 16.1. The van der Waals surface area contributed by atoms with Crippen molar-refractivity contribution in [1.29, 1.82) is 0 Å². The van der Waals surface area contributed by atoms with Gasteiger partial charge in [0.25, 0.3) is 0 Å². The molecule has 118 valence electrons. The highest BCUT2D eigenvalue weighted by molar-refractivity contribution is 5.42. The van der Waals surface area contributed by atoms with Gasteiger partial charge in [-0.25, -0.2) is 0 Å². The molecule has 2 atom stereocenters. The number of nitrogens with one attached hydrogen (secondary N) is 1. The van der Waals surface area contributed by atoms with Crippen LogP contribution in [0.1, 0.15) is 25.8 Å². The zero-order chi connectivity index (χ0) is 15.2. The maximum atomic E-state index is 5.86. The Morgan fingerprint density at radius 2 is 1.90 bits per heavy atom. The minimum absolute atomic E-state index is 0.363. The van der Waals surface area contributed by atoms with E-state index in [4.69, 9.17) is 14.2 Å². The minimum Gasteiger partial charge on any atom is -0.493 e. The molecule has 1 fully saturated rings. The van der Waals surface area contributed by atoms with Crippen LogP contribution in [0.5, 0.6) is 11.5 Å². The molecule has 0 bridgehead atoms. The maximum absolute atomic E-state index is 5.86. The van der Waals surface area contributed by atoms with E-state index in [0.29, 0.717) is 12.2 Å². The molecule has 1 N–H and O–H groups in total. The Labute approximate surface area is 128 Å². The first-order valence-electron chi connectivity index (χ1n) is 7.85. The summed E-state index contributed by atoms with van der Waals surface area (Å²) in [7, 11) is 1.68. The van der Waals surface area contributed by atoms with Crippen LogP contribution in [0, 0.1) is 6.92 Å². The third-order valence-electron chi connectivity index (χ3n) is 3.87. The second-order valence-corrected chi connectivity index (χ2v) is 6.02. The SMILES string of the molecule is COc1cc(C)ccc1OCCC[NH+]1C[C@H](C)O[C@@H](C)C1. The fraction of sp³-hybridized carbons (Fsp3) is 0.647. The highest BCUT2D eigenvalue weighted by Gasteiger charge is 2.24. The Kier molecular flexibility index (Phi) is 5.88. The van der Waals surface area contributed by atoms with Crippen molar-refractivity contribution in [3.05, 3.63) is 23.8 Å². The quantitative estimate of drug-likeness (QED) is 0.806. The monoisotopic (exact) mass is 294 g/mol. The summed E-state index contributed by atoms with van der Waals surface area (Å²) in [4.78, 5) is 1.61. The molecule has 0 unspecified atom stereocenters. The Balaban J connectivity index is 1.74. The molecule has 1 saturated heterocycles. The Morgan fingerprint density at radius 3 is 2.57 bits per heavy atom. The summed E-state index contributed by atoms with van der Waals surface area (Å²) in [6, 6.07) is 6.04. The molecule has 1 aliphatic rings. The topological polar surface area (TPSA) is 32.1 Å². The van der Waals surface area contributed by atoms with Gasteiger partial charge in [0.2, 0.25) is 0 Å². The lowest BCUT2D eigenvalue weighted by Crippen LogP contribution is -3.15. The first-order chi connectivity index (χ1) is 10.1. The van der Waals surface area contributed by atoms with E-state index < -0.39 is 0 Å². The Hall–Kier alpha value is -1.26. The highest BCUT2D eigenvalue weighted by atomic mass is 16.5. The van der Waals surface area contributed by atoms with Crippen molar-refractivity contribution in [2.45, 2.75) is 39.4 Å². The second kappa shape index (κ2) is 7.66. The first-order valence-corrected chi connectivity index (χ1v) is 7.85. The van der Waals surface area contributed by atoms with Crippen LogP contribution in [0.15, 0.2) is 18.2 Å². The van der Waals surface area contributed by atoms with Gasteiger partial charge in [0, 0.05) is 6.42 Å². The summed E-state index contributed by atoms with van der Waals surface area (Å²) in [5.74, 6) is 1.65. The molecule has 21 heavy (non-hydrogen) atoms. The molecule has 1 heterocycles. The van der Waals surface area contributed by atoms with Crippen molar-refractivity contribution in [1.82, 2.24) is 0 Å². The number of methoxy groups -OCH3 is 1. The molecule has 2 rings (SSSR count). The van der Waals surface area contributed by atoms with Crippen molar-refractivity contribution in [3.63, 3.8) is 0 Å². The van der Waals surface area contributed by atoms with Gasteiger partial charge in [0.1, 0.15) is 25.3 Å². The van der Waals surface area contributed by atoms with Crippen LogP contribution in [-0.2, 0) is 4.74 Å². The summed E-state index contributed by atoms with van der Waals surface area (Å²) in [5, 5.41) is 0. The maximum Gasteiger partial charge on any atom is 0.161 e. The van der Waals surface area contributed by atoms with Crippen LogP contribution >= 0.6 is 0 Å². The zero-order valence-corrected chi connectivity index (χ0v) is 13.6. The van der Waals surface area contributed by atoms with E-state index in [9.17, 15) is 0 Å². The van der Waals surface area contributed by atoms with Crippen LogP contribution in [0.2, 0.25) is 0 Å². The molecular weight excluding hydrogens is 266 g/mol. The number of quaternary nitrogens is 1. The summed E-state index contributed by atoms with van der Waals surface area (Å²) in [5.41, 5.74) is 1.18. The highest BCUT2D eigenvalue weighted by Crippen LogP contribution is 2.27. The van der Waals surface area contributed by atoms with Gasteiger partial charge in [-0.3, -0.25) is 0 Å². The molecule has 0 spiro atoms. The molecule has 1 aliphatic heterocycles. The van der Waals surface area contributed by atoms with E-state index in [1.807, 2.05) is 12.1 Å². The second-order valence-electron chi connectivity index (χ2n) is 6.02. The Bertz CT molecular complexity index is 440. The van der Waals surface area contributed by atoms with Crippen molar-refractivity contribution < 1.29 is 19.1 Å². The van der Waals surface area contributed by atoms with Crippen LogP contribution in [0.4, 0.5) is 0 Å². The molecule has 0 saturated carbocycles. The molecular formula is C17H28NO3+. The molecule has 4 heteroatoms. The van der Waals surface area contributed by atoms with Crippen molar-refractivity contribution >= 4 is 0 Å². The predicted molar refractivity (Wildman–Crippen MR) is 83.4 cm³/mol. The third kappa shape index (κ3) is 4.90. The van der Waals surface area contributed by atoms with Crippen LogP contribution < -0.4 is 14.4 Å². The fourth-order valence-electron chi connectivity index (χ4n) is 2.99. The van der Waals surface area contributed by atoms with E-state index in [1.54, 1.807) is 12.0 Å². The summed E-state index contributed by atoms with van der Waals surface area (Å²) >= 11 is 0. The van der Waals surface area contributed by atoms with Gasteiger partial charge >= 0.3 is 0 Å². The van der Waals surface area contributed by atoms with Gasteiger partial charge in [0.15, 0.2) is 11.5 Å². The normalized spacial score (nSPS) is 25.6. The van der Waals surface area contributed by atoms with E-state index in [-0.39, 0.29) is 0 Å². The molecule has 0 aliphatic carbocycles. The molecule has 1 aromatic carbocycles. The Morgan fingerprint density at radius 1 is 1.19 bits per heavy atom. The summed E-state index contributed by atoms with van der Waals surface area (Å²) < 4.78 is 17.0. The van der Waals surface area contributed by atoms with E-state index in [1.165, 1.54) is 5.56 Å². The smallest absolute Gasteiger partial charge is 0.161 e. The van der Waals surface area contributed by atoms with Crippen molar-refractivity contribution in [3.8, 4) is 11.5 Å². The molecule has 4 nitrogen and oxygen atoms in total. The van der Waals surface area contributed by atoms with Gasteiger partial charge in [-0.1, -0.05) is 6.07 Å². The minimum atomic E-state index is 0.363. The lowest BCUT2D eigenvalue weighted by molar-refractivity contribution is -0.915. The van der Waals surface area contributed by atoms with Crippen molar-refractivity contribution in [2.24, 2.45) is 0 Å². The number of benzene rings is 1. The van der Waals surface area contributed by atoms with Crippen LogP contribution in [0.25, 0.3) is 0 Å². The summed E-state index contributed by atoms with van der Waals surface area (Å²) in [6.07, 6.45) is 1.77. The lowest BCUT2D eigenvalue weighted by atomic mass is 10.2. The average molecular weight is 294 g/mol. The van der Waals surface area contributed by atoms with Gasteiger partial charge in [-0.05, 0) is 38.5 Å². The van der Waals surface area contributed by atoms with Crippen LogP contribution in [0.3, 0.4) is 0 Å². The number of aryl methyl sites for hydroxylation is 1. The van der Waals surface area contributed by atoms with Gasteiger partial charge in [-0.15, -0.1) is 0 Å². The van der Waals surface area contributed by atoms with Gasteiger partial charge in [0.05, 0.1) is 20.3 Å². The molecule has 1 aromatic rings. The fourth-order valence-corrected chi connectivity index (χ4v) is 2.99. The number of hydrogen-bond acceptors (Lipinski definition) is 3.